The van der Waals surface area contributed by atoms with E-state index < -0.39 is 0 Å². The smallest absolute Gasteiger partial charge is 0.0831 e. The predicted molar refractivity (Wildman–Crippen MR) is 57.3 cm³/mol. The van der Waals surface area contributed by atoms with Crippen LogP contribution in [0.1, 0.15) is 25.7 Å². The fraction of sp³-hybridized carbons (Fsp3) is 1.00. The predicted octanol–water partition coefficient (Wildman–Crippen LogP) is 0.441. The molecule has 2 rings (SSSR count). The van der Waals surface area contributed by atoms with E-state index in [0.717, 1.165) is 19.0 Å². The lowest BCUT2D eigenvalue weighted by atomic mass is 10.1. The van der Waals surface area contributed by atoms with Crippen LogP contribution in [0.5, 0.6) is 0 Å². The molecule has 3 heteroatoms. The molecule has 0 spiro atoms. The maximum atomic E-state index is 9.73. The molecule has 0 radical (unpaired) electrons. The van der Waals surface area contributed by atoms with Crippen LogP contribution < -0.4 is 5.32 Å². The molecule has 0 aromatic heterocycles. The van der Waals surface area contributed by atoms with Gasteiger partial charge in [-0.3, -0.25) is 4.90 Å². The first-order chi connectivity index (χ1) is 6.77. The number of nitrogens with zero attached hydrogens (tertiary/aromatic N) is 1. The normalized spacial score (nSPS) is 34.5. The summed E-state index contributed by atoms with van der Waals surface area (Å²) in [6.45, 7) is 2.88. The lowest BCUT2D eigenvalue weighted by Gasteiger charge is -2.28. The van der Waals surface area contributed by atoms with Crippen LogP contribution in [-0.2, 0) is 0 Å². The van der Waals surface area contributed by atoms with E-state index in [1.807, 2.05) is 0 Å². The highest BCUT2D eigenvalue weighted by Crippen LogP contribution is 2.26. The minimum absolute atomic E-state index is 0.165. The summed E-state index contributed by atoms with van der Waals surface area (Å²) in [6.07, 6.45) is 5.43. The second kappa shape index (κ2) is 4.60. The summed E-state index contributed by atoms with van der Waals surface area (Å²) in [4.78, 5) is 2.35. The van der Waals surface area contributed by atoms with E-state index in [1.165, 1.54) is 32.2 Å². The average molecular weight is 198 g/mol. The number of β-amino-alcohol motifs (C(OH)–C–C–N with tert-alkyl or cyclic N) is 1. The lowest BCUT2D eigenvalue weighted by molar-refractivity contribution is 0.0902. The van der Waals surface area contributed by atoms with Crippen molar-refractivity contribution in [1.82, 2.24) is 10.2 Å². The standard InChI is InChI=1S/C11H22N2O/c1-13(8-9-4-2-3-5-9)10-6-12-7-11(10)14/h9-12,14H,2-8H2,1H3/t10-,11-/m1/s1. The number of nitrogens with one attached hydrogen (secondary N) is 1. The summed E-state index contributed by atoms with van der Waals surface area (Å²) in [5, 5.41) is 13.0. The van der Waals surface area contributed by atoms with Gasteiger partial charge in [0.1, 0.15) is 0 Å². The number of aliphatic hydroxyl groups is 1. The Morgan fingerprint density at radius 1 is 1.29 bits per heavy atom. The molecule has 82 valence electrons. The Hall–Kier alpha value is -0.120. The van der Waals surface area contributed by atoms with Crippen LogP contribution in [0, 0.1) is 5.92 Å². The lowest BCUT2D eigenvalue weighted by Crippen LogP contribution is -2.42. The van der Waals surface area contributed by atoms with Gasteiger partial charge < -0.3 is 10.4 Å². The molecule has 1 aliphatic heterocycles. The Balaban J connectivity index is 1.78. The molecule has 1 aliphatic carbocycles. The van der Waals surface area contributed by atoms with Gasteiger partial charge in [-0.1, -0.05) is 12.8 Å². The van der Waals surface area contributed by atoms with Crippen LogP contribution in [-0.4, -0.2) is 48.8 Å². The minimum atomic E-state index is -0.165. The molecule has 1 saturated carbocycles. The Bertz CT molecular complexity index is 180. The SMILES string of the molecule is CN(CC1CCCC1)[C@@H]1CNC[C@H]1O. The van der Waals surface area contributed by atoms with E-state index in [4.69, 9.17) is 0 Å². The van der Waals surface area contributed by atoms with Crippen LogP contribution >= 0.6 is 0 Å². The van der Waals surface area contributed by atoms with Gasteiger partial charge in [-0.05, 0) is 25.8 Å². The zero-order valence-electron chi connectivity index (χ0n) is 9.08. The zero-order valence-corrected chi connectivity index (χ0v) is 9.08. The Labute approximate surface area is 86.5 Å². The molecule has 3 nitrogen and oxygen atoms in total. The molecule has 2 atom stereocenters. The molecule has 2 N–H and O–H groups in total. The number of hydrogen-bond acceptors (Lipinski definition) is 3. The van der Waals surface area contributed by atoms with Gasteiger partial charge >= 0.3 is 0 Å². The molecule has 0 aromatic carbocycles. The van der Waals surface area contributed by atoms with Crippen LogP contribution in [0.25, 0.3) is 0 Å². The summed E-state index contributed by atoms with van der Waals surface area (Å²) >= 11 is 0. The fourth-order valence-electron chi connectivity index (χ4n) is 2.84. The van der Waals surface area contributed by atoms with Crippen molar-refractivity contribution in [3.63, 3.8) is 0 Å². The van der Waals surface area contributed by atoms with Crippen molar-refractivity contribution in [3.8, 4) is 0 Å². The first-order valence-corrected chi connectivity index (χ1v) is 5.86. The maximum Gasteiger partial charge on any atom is 0.0831 e. The van der Waals surface area contributed by atoms with E-state index in [0.29, 0.717) is 6.04 Å². The van der Waals surface area contributed by atoms with Crippen LogP contribution in [0.15, 0.2) is 0 Å². The van der Waals surface area contributed by atoms with E-state index in [9.17, 15) is 5.11 Å². The molecule has 2 fully saturated rings. The van der Waals surface area contributed by atoms with E-state index in [2.05, 4.69) is 17.3 Å². The summed E-state index contributed by atoms with van der Waals surface area (Å²) in [7, 11) is 2.15. The molecule has 14 heavy (non-hydrogen) atoms. The van der Waals surface area contributed by atoms with Crippen LogP contribution in [0.2, 0.25) is 0 Å². The number of rotatable bonds is 3. The van der Waals surface area contributed by atoms with Crippen molar-refractivity contribution in [2.24, 2.45) is 5.92 Å². The first kappa shape index (κ1) is 10.4. The van der Waals surface area contributed by atoms with Gasteiger partial charge in [0, 0.05) is 25.7 Å². The van der Waals surface area contributed by atoms with E-state index in [1.54, 1.807) is 0 Å². The molecule has 0 bridgehead atoms. The minimum Gasteiger partial charge on any atom is -0.390 e. The molecule has 0 amide bonds. The Morgan fingerprint density at radius 2 is 2.00 bits per heavy atom. The van der Waals surface area contributed by atoms with Gasteiger partial charge in [-0.25, -0.2) is 0 Å². The highest BCUT2D eigenvalue weighted by atomic mass is 16.3. The molecular weight excluding hydrogens is 176 g/mol. The van der Waals surface area contributed by atoms with Gasteiger partial charge in [-0.15, -0.1) is 0 Å². The summed E-state index contributed by atoms with van der Waals surface area (Å²) in [6, 6.07) is 0.343. The number of aliphatic hydroxyl groups excluding tert-OH is 1. The van der Waals surface area contributed by atoms with Gasteiger partial charge in [-0.2, -0.15) is 0 Å². The Morgan fingerprint density at radius 3 is 2.57 bits per heavy atom. The molecule has 2 aliphatic rings. The third kappa shape index (κ3) is 2.27. The average Bonchev–Trinajstić information content (AvgIpc) is 2.75. The van der Waals surface area contributed by atoms with E-state index in [-0.39, 0.29) is 6.10 Å². The summed E-state index contributed by atoms with van der Waals surface area (Å²) in [5.41, 5.74) is 0. The van der Waals surface area contributed by atoms with Crippen molar-refractivity contribution in [2.75, 3.05) is 26.7 Å². The second-order valence-electron chi connectivity index (χ2n) is 4.88. The monoisotopic (exact) mass is 198 g/mol. The van der Waals surface area contributed by atoms with Crippen molar-refractivity contribution in [2.45, 2.75) is 37.8 Å². The third-order valence-electron chi connectivity index (χ3n) is 3.74. The van der Waals surface area contributed by atoms with Crippen LogP contribution in [0.4, 0.5) is 0 Å². The van der Waals surface area contributed by atoms with Crippen molar-refractivity contribution < 1.29 is 5.11 Å². The summed E-state index contributed by atoms with van der Waals surface area (Å²) in [5.74, 6) is 0.882. The van der Waals surface area contributed by atoms with Gasteiger partial charge in [0.05, 0.1) is 6.10 Å². The Kier molecular flexibility index (Phi) is 3.42. The molecule has 0 unspecified atom stereocenters. The number of hydrogen-bond donors (Lipinski definition) is 2. The van der Waals surface area contributed by atoms with Crippen molar-refractivity contribution in [1.29, 1.82) is 0 Å². The van der Waals surface area contributed by atoms with Gasteiger partial charge in [0.25, 0.3) is 0 Å². The third-order valence-corrected chi connectivity index (χ3v) is 3.74. The van der Waals surface area contributed by atoms with E-state index >= 15 is 0 Å². The molecule has 1 heterocycles. The van der Waals surface area contributed by atoms with Crippen molar-refractivity contribution in [3.05, 3.63) is 0 Å². The topological polar surface area (TPSA) is 35.5 Å². The van der Waals surface area contributed by atoms with Crippen LogP contribution in [0.3, 0.4) is 0 Å². The van der Waals surface area contributed by atoms with Gasteiger partial charge in [0.2, 0.25) is 0 Å². The molecule has 0 aromatic rings. The summed E-state index contributed by atoms with van der Waals surface area (Å²) < 4.78 is 0. The highest BCUT2D eigenvalue weighted by Gasteiger charge is 2.29. The fourth-order valence-corrected chi connectivity index (χ4v) is 2.84. The largest absolute Gasteiger partial charge is 0.390 e. The first-order valence-electron chi connectivity index (χ1n) is 5.86. The highest BCUT2D eigenvalue weighted by molar-refractivity contribution is 4.88. The zero-order chi connectivity index (χ0) is 9.97. The quantitative estimate of drug-likeness (QED) is 0.691. The molecule has 1 saturated heterocycles. The molecular formula is C11H22N2O. The second-order valence-corrected chi connectivity index (χ2v) is 4.88. The van der Waals surface area contributed by atoms with Crippen molar-refractivity contribution >= 4 is 0 Å². The van der Waals surface area contributed by atoms with Gasteiger partial charge in [0.15, 0.2) is 0 Å². The number of likely N-dealkylation sites (N-methyl/N-ethyl adjacent to an activating group) is 1. The maximum absolute atomic E-state index is 9.73.